The second-order valence-electron chi connectivity index (χ2n) is 22.3. The van der Waals surface area contributed by atoms with Crippen molar-refractivity contribution >= 4 is 73.1 Å². The smallest absolute Gasteiger partial charge is 0.218 e. The summed E-state index contributed by atoms with van der Waals surface area (Å²) in [5.41, 5.74) is 3.54. The number of halogens is 19. The number of carbonyl (C=O) groups is 8. The Bertz CT molecular complexity index is 4060. The molecule has 109 heavy (non-hydrogen) atoms. The van der Waals surface area contributed by atoms with Gasteiger partial charge in [0.05, 0.1) is 53.9 Å². The fraction of sp³-hybridized carbons (Fsp3) is 0.429. The second-order valence-corrected chi connectivity index (χ2v) is 25.9. The van der Waals surface area contributed by atoms with E-state index in [9.17, 15) is 162 Å². The van der Waals surface area contributed by atoms with Crippen molar-refractivity contribution in [3.63, 3.8) is 0 Å². The summed E-state index contributed by atoms with van der Waals surface area (Å²) in [4.78, 5) is 89.0. The minimum absolute atomic E-state index is 0. The van der Waals surface area contributed by atoms with Gasteiger partial charge in [-0.2, -0.15) is 0 Å². The van der Waals surface area contributed by atoms with Crippen LogP contribution in [0.15, 0.2) is 19.6 Å². The third kappa shape index (κ3) is 25.7. The van der Waals surface area contributed by atoms with E-state index in [4.69, 9.17) is 5.73 Å². The summed E-state index contributed by atoms with van der Waals surface area (Å²) in [6.07, 6.45) is -4.04. The van der Waals surface area contributed by atoms with Crippen LogP contribution >= 0.6 is 0 Å². The number of carbonyl (C=O) groups excluding carboxylic acids is 8. The van der Waals surface area contributed by atoms with Crippen molar-refractivity contribution < 1.29 is 259 Å². The molecule has 4 aromatic carbocycles. The van der Waals surface area contributed by atoms with E-state index < -0.39 is 281 Å². The predicted molar refractivity (Wildman–Crippen MR) is 293 cm³/mol. The van der Waals surface area contributed by atoms with Gasteiger partial charge in [0.1, 0.15) is 31.4 Å². The molecule has 2 atom stereocenters. The fourth-order valence-electron chi connectivity index (χ4n) is 9.91. The maximum atomic E-state index is 15.3. The Hall–Kier alpha value is -6.70. The molecular formula is C56H49F19Gd2N10O20S2-8. The van der Waals surface area contributed by atoms with Crippen LogP contribution in [0.5, 0.6) is 0 Å². The van der Waals surface area contributed by atoms with Crippen LogP contribution in [0.4, 0.5) is 89.1 Å². The van der Waals surface area contributed by atoms with Crippen LogP contribution < -0.4 is 51.9 Å². The van der Waals surface area contributed by atoms with E-state index in [1.807, 2.05) is 0 Å². The fourth-order valence-corrected chi connectivity index (χ4v) is 12.9. The molecule has 4 aromatic rings. The average Bonchev–Trinajstić information content (AvgIpc) is 0.738. The monoisotopic (exact) mass is 1920 g/mol. The number of nitrogens with zero attached hydrogens (tertiary/aromatic N) is 8. The van der Waals surface area contributed by atoms with Crippen molar-refractivity contribution in [2.24, 2.45) is 5.73 Å². The first-order chi connectivity index (χ1) is 49.5. The summed E-state index contributed by atoms with van der Waals surface area (Å²) >= 11 is 0. The molecule has 0 amide bonds. The minimum atomic E-state index is -6.67. The molecule has 0 radical (unpaired) electrons. The zero-order chi connectivity index (χ0) is 81.5. The number of carboxylic acid groups (broad SMARTS) is 8. The molecule has 0 bridgehead atoms. The molecule has 2 saturated heterocycles. The largest absolute Gasteiger partial charge is 0.549 e. The van der Waals surface area contributed by atoms with Crippen LogP contribution in [0.2, 0.25) is 0 Å². The summed E-state index contributed by atoms with van der Waals surface area (Å²) in [6, 6.07) is 0. The molecule has 2 fully saturated rings. The average molecular weight is 1920 g/mol. The van der Waals surface area contributed by atoms with Crippen molar-refractivity contribution in [2.45, 2.75) is 31.9 Å². The Morgan fingerprint density at radius 3 is 0.624 bits per heavy atom. The van der Waals surface area contributed by atoms with Gasteiger partial charge >= 0.3 is 0 Å². The van der Waals surface area contributed by atoms with E-state index in [2.05, 4.69) is 0 Å². The van der Waals surface area contributed by atoms with E-state index in [1.165, 1.54) is 29.8 Å². The first-order valence-corrected chi connectivity index (χ1v) is 32.4. The van der Waals surface area contributed by atoms with Gasteiger partial charge in [-0.3, -0.25) is 39.2 Å². The van der Waals surface area contributed by atoms with Crippen molar-refractivity contribution in [1.82, 2.24) is 39.2 Å². The molecule has 30 nitrogen and oxygen atoms in total. The standard InChI is InChI=1S/C28H28F9N5O10S.C16H29N5O8.C12F10O2S.2Gd/c29-15-16(30)20(34)25(21(35)17(15)31)53(51,52)26-22(36)18(32)24(19(33)23(26)37)38-27(28(49)50)42-7-5-40(10-13(45)46)3-1-39(9-12(43)44)2-4-41(6-8-42)11-14(47)48;17-15(16(28)29)21-7-5-19(10-13(24)25)3-1-18(9-12(22)23)2-4-20(6-8-21)11-14(26)27;13-1-3(15)7(19)11(8(20)4(1)16)25(23,24)12-9(21)5(17)2(14)6(18)10(12)22;;/h27,38H,1-11H2,(H,43,44)(H,45,46)(H,47,48)(H,49,50);15H,1-11,17H2,(H,22,23)(H,24,25)(H,26,27)(H,28,29);;;/p-8. The topological polar surface area (TPSA) is 453 Å². The summed E-state index contributed by atoms with van der Waals surface area (Å²) in [5, 5.41) is 91.9. The van der Waals surface area contributed by atoms with E-state index >= 15 is 17.6 Å². The van der Waals surface area contributed by atoms with Crippen molar-refractivity contribution in [3.8, 4) is 0 Å². The van der Waals surface area contributed by atoms with Gasteiger partial charge in [0.15, 0.2) is 93.1 Å². The van der Waals surface area contributed by atoms with Gasteiger partial charge < -0.3 is 90.3 Å². The van der Waals surface area contributed by atoms with Gasteiger partial charge in [-0.15, -0.1) is 0 Å². The molecule has 0 aliphatic carbocycles. The third-order valence-electron chi connectivity index (χ3n) is 15.2. The maximum absolute atomic E-state index is 15.3. The number of nitrogens with one attached hydrogen (secondary N) is 1. The number of sulfone groups is 2. The SMILES string of the molecule is NC(C(=O)[O-])N1CCN(CC(=O)[O-])CCN(CC(=O)[O-])CCN(CC(=O)[O-])CC1.O=C([O-])CN1CCN(CC(=O)[O-])CCN(C(Nc2c(F)c(F)c(S(=O)(=O)c3c(F)c(F)c(F)c(F)c3F)c(F)c2F)C(=O)[O-])CCN(CC(=O)[O-])CC1.O=S(=O)(c1c(F)c(F)c(F)c(F)c1F)c1c(F)c(F)c(F)c(F)c1F.[Gd].[Gd]. The molecule has 53 heteroatoms. The summed E-state index contributed by atoms with van der Waals surface area (Å²) in [5.74, 6) is -68.3. The number of hydrogen-bond donors (Lipinski definition) is 2. The molecule has 612 valence electrons. The Balaban J connectivity index is 0.000000607. The van der Waals surface area contributed by atoms with Crippen LogP contribution in [-0.4, -0.2) is 260 Å². The molecule has 0 saturated carbocycles. The Labute approximate surface area is 664 Å². The van der Waals surface area contributed by atoms with E-state index in [0.29, 0.717) is 4.90 Å². The first kappa shape index (κ1) is 98.4. The Kier molecular flexibility index (Phi) is 38.6. The Morgan fingerprint density at radius 2 is 0.450 bits per heavy atom. The third-order valence-corrected chi connectivity index (χ3v) is 18.8. The van der Waals surface area contributed by atoms with Gasteiger partial charge in [-0.1, -0.05) is 0 Å². The molecule has 0 spiro atoms. The zero-order valence-corrected chi connectivity index (χ0v) is 60.4. The summed E-state index contributed by atoms with van der Waals surface area (Å²) in [6.45, 7) is -5.64. The molecule has 2 heterocycles. The summed E-state index contributed by atoms with van der Waals surface area (Å²) < 4.78 is 312. The van der Waals surface area contributed by atoms with Gasteiger partial charge in [0, 0.05) is 224 Å². The normalized spacial score (nSPS) is 16.3. The minimum Gasteiger partial charge on any atom is -0.549 e. The first-order valence-electron chi connectivity index (χ1n) is 29.4. The number of hydrogen-bond acceptors (Lipinski definition) is 30. The van der Waals surface area contributed by atoms with Crippen LogP contribution in [0.3, 0.4) is 0 Å². The van der Waals surface area contributed by atoms with E-state index in [0.717, 1.165) is 9.80 Å². The van der Waals surface area contributed by atoms with Crippen LogP contribution in [0.1, 0.15) is 0 Å². The molecule has 0 aromatic heterocycles. The number of anilines is 1. The van der Waals surface area contributed by atoms with Crippen LogP contribution in [0.25, 0.3) is 0 Å². The van der Waals surface area contributed by atoms with E-state index in [-0.39, 0.29) is 158 Å². The van der Waals surface area contributed by atoms with Gasteiger partial charge in [0.2, 0.25) is 37.1 Å². The quantitative estimate of drug-likeness (QED) is 0.0319. The van der Waals surface area contributed by atoms with Crippen molar-refractivity contribution in [2.75, 3.05) is 149 Å². The molecule has 2 aliphatic rings. The number of nitrogens with two attached hydrogens (primary N) is 1. The number of benzene rings is 4. The Morgan fingerprint density at radius 1 is 0.284 bits per heavy atom. The summed E-state index contributed by atoms with van der Waals surface area (Å²) in [7, 11) is -13.0. The molecule has 6 rings (SSSR count). The van der Waals surface area contributed by atoms with E-state index in [1.54, 1.807) is 0 Å². The molecule has 2 unspecified atom stereocenters. The van der Waals surface area contributed by atoms with Crippen LogP contribution in [-0.2, 0) is 58.0 Å². The number of carboxylic acids is 8. The second kappa shape index (κ2) is 42.8. The number of aliphatic carboxylic acids is 8. The van der Waals surface area contributed by atoms with Gasteiger partial charge in [-0.05, 0) is 0 Å². The van der Waals surface area contributed by atoms with Crippen molar-refractivity contribution in [3.05, 3.63) is 111 Å². The molecule has 2 aliphatic heterocycles. The zero-order valence-electron chi connectivity index (χ0n) is 54.2. The molecular weight excluding hydrogens is 1870 g/mol. The number of rotatable bonds is 22. The van der Waals surface area contributed by atoms with Crippen LogP contribution in [0, 0.1) is 190 Å². The van der Waals surface area contributed by atoms with Gasteiger partial charge in [0.25, 0.3) is 0 Å². The van der Waals surface area contributed by atoms with Crippen molar-refractivity contribution in [1.29, 1.82) is 0 Å². The molecule has 3 N–H and O–H groups in total. The predicted octanol–water partition coefficient (Wildman–Crippen LogP) is -8.87. The van der Waals surface area contributed by atoms with Gasteiger partial charge in [-0.25, -0.2) is 100 Å². The maximum Gasteiger partial charge on any atom is 0.218 e.